The van der Waals surface area contributed by atoms with Gasteiger partial charge in [-0.25, -0.2) is 4.79 Å². The van der Waals surface area contributed by atoms with Crippen LogP contribution in [0.5, 0.6) is 0 Å². The molecule has 2 rings (SSSR count). The molecule has 0 spiro atoms. The Morgan fingerprint density at radius 1 is 1.03 bits per heavy atom. The van der Waals surface area contributed by atoms with E-state index in [4.69, 9.17) is 15.0 Å². The van der Waals surface area contributed by atoms with E-state index in [1.807, 2.05) is 42.5 Å². The first-order valence-electron chi connectivity index (χ1n) is 12.0. The van der Waals surface area contributed by atoms with Crippen LogP contribution in [0.3, 0.4) is 0 Å². The Balaban J connectivity index is 0.000000905. The number of amides is 2. The summed E-state index contributed by atoms with van der Waals surface area (Å²) >= 11 is 3.38. The van der Waals surface area contributed by atoms with Crippen LogP contribution in [0.2, 0.25) is 0 Å². The average molecular weight is 604 g/mol. The fourth-order valence-corrected chi connectivity index (χ4v) is 4.25. The van der Waals surface area contributed by atoms with E-state index in [0.717, 1.165) is 40.7 Å². The van der Waals surface area contributed by atoms with E-state index >= 15 is 0 Å². The van der Waals surface area contributed by atoms with Crippen LogP contribution < -0.4 is 15.7 Å². The maximum atomic E-state index is 12.2. The predicted molar refractivity (Wildman–Crippen MR) is 139 cm³/mol. The van der Waals surface area contributed by atoms with E-state index in [0.29, 0.717) is 13.0 Å². The van der Waals surface area contributed by atoms with Gasteiger partial charge in [-0.1, -0.05) is 46.3 Å². The summed E-state index contributed by atoms with van der Waals surface area (Å²) in [6.07, 6.45) is -3.57. The lowest BCUT2D eigenvalue weighted by atomic mass is 10.0. The highest BCUT2D eigenvalue weighted by atomic mass is 79.9. The number of carbonyl (C=O) groups excluding carboxylic acids is 2. The molecular formula is C26H33BrF3N3O5. The lowest BCUT2D eigenvalue weighted by Crippen LogP contribution is -2.51. The Hall–Kier alpha value is -3.12. The van der Waals surface area contributed by atoms with Crippen LogP contribution in [0.4, 0.5) is 23.7 Å². The van der Waals surface area contributed by atoms with E-state index in [9.17, 15) is 22.8 Å². The number of nitrogens with zero attached hydrogens (tertiary/aromatic N) is 1. The lowest BCUT2D eigenvalue weighted by molar-refractivity contribution is -0.954. The van der Waals surface area contributed by atoms with Gasteiger partial charge < -0.3 is 30.1 Å². The minimum atomic E-state index is -5.19. The first kappa shape index (κ1) is 32.9. The van der Waals surface area contributed by atoms with Crippen LogP contribution in [0.25, 0.3) is 0 Å². The molecule has 8 nitrogen and oxygen atoms in total. The second-order valence-electron chi connectivity index (χ2n) is 8.59. The van der Waals surface area contributed by atoms with Crippen LogP contribution in [0, 0.1) is 0 Å². The Labute approximate surface area is 228 Å². The van der Waals surface area contributed by atoms with Gasteiger partial charge in [-0.3, -0.25) is 4.79 Å². The highest BCUT2D eigenvalue weighted by Gasteiger charge is 2.33. The molecule has 38 heavy (non-hydrogen) atoms. The smallest absolute Gasteiger partial charge is 0.430 e. The second kappa shape index (κ2) is 16.0. The largest absolute Gasteiger partial charge is 0.542 e. The van der Waals surface area contributed by atoms with Crippen molar-refractivity contribution in [2.24, 2.45) is 0 Å². The Bertz CT molecular complexity index is 1020. The molecule has 2 aromatic rings. The van der Waals surface area contributed by atoms with Gasteiger partial charge in [-0.15, -0.1) is 0 Å². The van der Waals surface area contributed by atoms with Gasteiger partial charge in [-0.2, -0.15) is 13.2 Å². The molecule has 3 N–H and O–H groups in total. The fourth-order valence-electron chi connectivity index (χ4n) is 3.99. The molecule has 2 amide bonds. The van der Waals surface area contributed by atoms with Crippen LogP contribution >= 0.6 is 15.9 Å². The Kier molecular flexibility index (Phi) is 13.8. The van der Waals surface area contributed by atoms with Crippen LogP contribution in [0.1, 0.15) is 44.7 Å². The molecule has 2 aromatic carbocycles. The number of aliphatic carboxylic acids is 2. The number of nitrogens with one attached hydrogen (secondary N) is 2. The van der Waals surface area contributed by atoms with Gasteiger partial charge in [0.2, 0.25) is 0 Å². The monoisotopic (exact) mass is 603 g/mol. The van der Waals surface area contributed by atoms with Crippen molar-refractivity contribution in [2.45, 2.75) is 45.3 Å². The van der Waals surface area contributed by atoms with E-state index in [2.05, 4.69) is 52.5 Å². The Morgan fingerprint density at radius 3 is 2.08 bits per heavy atom. The quantitative estimate of drug-likeness (QED) is 0.239. The number of alkyl halides is 3. The van der Waals surface area contributed by atoms with Crippen LogP contribution in [0.15, 0.2) is 59.1 Å². The molecule has 0 fully saturated rings. The third-order valence-electron chi connectivity index (χ3n) is 6.13. The van der Waals surface area contributed by atoms with Gasteiger partial charge in [0.1, 0.15) is 12.0 Å². The number of rotatable bonds is 12. The van der Waals surface area contributed by atoms with Crippen molar-refractivity contribution in [1.29, 1.82) is 0 Å². The van der Waals surface area contributed by atoms with Crippen LogP contribution in [-0.2, 0) is 9.59 Å². The summed E-state index contributed by atoms with van der Waals surface area (Å²) in [7, 11) is 0. The summed E-state index contributed by atoms with van der Waals surface area (Å²) in [6, 6.07) is 17.8. The summed E-state index contributed by atoms with van der Waals surface area (Å²) in [6.45, 7) is 7.50. The maximum absolute atomic E-state index is 12.2. The summed E-state index contributed by atoms with van der Waals surface area (Å²) in [4.78, 5) is 32.0. The zero-order valence-electron chi connectivity index (χ0n) is 21.3. The Morgan fingerprint density at radius 2 is 1.58 bits per heavy atom. The van der Waals surface area contributed by atoms with E-state index in [-0.39, 0.29) is 18.5 Å². The number of halogens is 4. The molecule has 210 valence electrons. The van der Waals surface area contributed by atoms with Crippen molar-refractivity contribution < 1.29 is 42.3 Å². The minimum Gasteiger partial charge on any atom is -0.542 e. The highest BCUT2D eigenvalue weighted by Crippen LogP contribution is 2.29. The SMILES string of the molecule is CC[N+](CCCNC(=O)Nc1ccc(Br)cc1)(CCCC(=O)O)[C@H](C)c1ccccc1.O=C([O-])C(F)(F)F. The molecule has 0 radical (unpaired) electrons. The molecule has 0 bridgehead atoms. The number of quaternary nitrogens is 1. The zero-order valence-corrected chi connectivity index (χ0v) is 22.8. The number of carbonyl (C=O) groups is 3. The van der Waals surface area contributed by atoms with Gasteiger partial charge in [0, 0.05) is 35.1 Å². The van der Waals surface area contributed by atoms with Gasteiger partial charge in [-0.05, 0) is 38.1 Å². The summed E-state index contributed by atoms with van der Waals surface area (Å²) < 4.78 is 33.3. The van der Waals surface area contributed by atoms with Gasteiger partial charge >= 0.3 is 18.2 Å². The van der Waals surface area contributed by atoms with Gasteiger partial charge in [0.15, 0.2) is 0 Å². The average Bonchev–Trinajstić information content (AvgIpc) is 2.86. The molecule has 12 heteroatoms. The standard InChI is InChI=1S/C24H32BrN3O3.C2HF3O2/c1-3-28(17-7-11-23(29)30,19(2)20-9-5-4-6-10-20)18-8-16-26-24(31)27-22-14-12-21(25)13-15-22;3-2(4,5)1(6)7/h4-6,9-10,12-15,19H,3,7-8,11,16-18H2,1-2H3,(H2-,26,27,29,30,31);(H,6,7)/t19-,28?;/m1./s1. The van der Waals surface area contributed by atoms with Crippen molar-refractivity contribution in [2.75, 3.05) is 31.5 Å². The highest BCUT2D eigenvalue weighted by molar-refractivity contribution is 9.10. The molecule has 0 aliphatic heterocycles. The third-order valence-corrected chi connectivity index (χ3v) is 6.66. The fraction of sp³-hybridized carbons (Fsp3) is 0.423. The number of carboxylic acid groups (broad SMARTS) is 2. The molecule has 2 atom stereocenters. The summed E-state index contributed by atoms with van der Waals surface area (Å²) in [5, 5.41) is 23.6. The van der Waals surface area contributed by atoms with E-state index < -0.39 is 18.1 Å². The van der Waals surface area contributed by atoms with Crippen molar-refractivity contribution in [3.63, 3.8) is 0 Å². The zero-order chi connectivity index (χ0) is 28.8. The summed E-state index contributed by atoms with van der Waals surface area (Å²) in [5.74, 6) is -3.76. The molecule has 0 saturated carbocycles. The lowest BCUT2D eigenvalue weighted by Gasteiger charge is -2.43. The molecule has 0 aliphatic carbocycles. The van der Waals surface area contributed by atoms with E-state index in [1.165, 1.54) is 5.56 Å². The van der Waals surface area contributed by atoms with Crippen molar-refractivity contribution >= 4 is 39.6 Å². The number of hydrogen-bond donors (Lipinski definition) is 3. The van der Waals surface area contributed by atoms with Crippen molar-refractivity contribution in [3.05, 3.63) is 64.6 Å². The number of urea groups is 1. The van der Waals surface area contributed by atoms with Crippen molar-refractivity contribution in [3.8, 4) is 0 Å². The normalized spacial score (nSPS) is 13.3. The predicted octanol–water partition coefficient (Wildman–Crippen LogP) is 4.72. The first-order chi connectivity index (χ1) is 17.8. The molecule has 0 heterocycles. The second-order valence-corrected chi connectivity index (χ2v) is 9.51. The number of benzene rings is 2. The third kappa shape index (κ3) is 12.0. The topological polar surface area (TPSA) is 119 Å². The number of hydrogen-bond acceptors (Lipinski definition) is 4. The van der Waals surface area contributed by atoms with Gasteiger partial charge in [0.25, 0.3) is 0 Å². The van der Waals surface area contributed by atoms with Gasteiger partial charge in [0.05, 0.1) is 26.1 Å². The molecule has 0 aromatic heterocycles. The number of anilines is 1. The molecule has 1 unspecified atom stereocenters. The molecular weight excluding hydrogens is 571 g/mol. The van der Waals surface area contributed by atoms with E-state index in [1.54, 1.807) is 0 Å². The number of carboxylic acids is 2. The molecule has 0 aliphatic rings. The summed E-state index contributed by atoms with van der Waals surface area (Å²) in [5.41, 5.74) is 1.99. The maximum Gasteiger partial charge on any atom is 0.430 e. The first-order valence-corrected chi connectivity index (χ1v) is 12.8. The minimum absolute atomic E-state index is 0.176. The van der Waals surface area contributed by atoms with Crippen molar-refractivity contribution in [1.82, 2.24) is 5.32 Å². The van der Waals surface area contributed by atoms with Crippen LogP contribution in [-0.4, -0.2) is 59.9 Å². The molecule has 0 saturated heterocycles.